The first kappa shape index (κ1) is 18.8. The van der Waals surface area contributed by atoms with E-state index in [9.17, 15) is 9.59 Å². The van der Waals surface area contributed by atoms with Gasteiger partial charge in [-0.15, -0.1) is 0 Å². The van der Waals surface area contributed by atoms with E-state index in [0.717, 1.165) is 19.3 Å². The molecule has 2 aromatic heterocycles. The Hall–Kier alpha value is -2.57. The van der Waals surface area contributed by atoms with Gasteiger partial charge in [0.2, 0.25) is 0 Å². The van der Waals surface area contributed by atoms with Crippen molar-refractivity contribution in [2.45, 2.75) is 53.0 Å². The highest BCUT2D eigenvalue weighted by Gasteiger charge is 2.17. The normalized spacial score (nSPS) is 12.2. The number of urea groups is 1. The molecule has 0 fully saturated rings. The number of pyridine rings is 1. The molecule has 0 aliphatic carbocycles. The minimum atomic E-state index is -0.420. The highest BCUT2D eigenvalue weighted by Crippen LogP contribution is 2.11. The van der Waals surface area contributed by atoms with Crippen LogP contribution in [0.15, 0.2) is 24.4 Å². The van der Waals surface area contributed by atoms with Crippen molar-refractivity contribution in [3.8, 4) is 0 Å². The van der Waals surface area contributed by atoms with Gasteiger partial charge in [0.05, 0.1) is 5.69 Å². The molecule has 2 aromatic rings. The van der Waals surface area contributed by atoms with Gasteiger partial charge in [-0.2, -0.15) is 0 Å². The summed E-state index contributed by atoms with van der Waals surface area (Å²) in [6.07, 6.45) is 4.87. The summed E-state index contributed by atoms with van der Waals surface area (Å²) in [5.74, 6) is 0.257. The SMILES string of the molecule is Cc1nc2ccccn2c1C(=O)NNC(=O)N[C@@H](C)CCCC(C)C. The third kappa shape index (κ3) is 5.20. The lowest BCUT2D eigenvalue weighted by Crippen LogP contribution is -2.49. The van der Waals surface area contributed by atoms with Crippen LogP contribution in [0.3, 0.4) is 0 Å². The monoisotopic (exact) mass is 345 g/mol. The molecule has 2 rings (SSSR count). The van der Waals surface area contributed by atoms with Crippen LogP contribution < -0.4 is 16.2 Å². The van der Waals surface area contributed by atoms with E-state index in [2.05, 4.69) is 35.0 Å². The van der Waals surface area contributed by atoms with E-state index < -0.39 is 11.9 Å². The summed E-state index contributed by atoms with van der Waals surface area (Å²) in [4.78, 5) is 28.6. The number of aromatic nitrogens is 2. The van der Waals surface area contributed by atoms with Crippen molar-refractivity contribution in [1.29, 1.82) is 0 Å². The number of nitrogens with one attached hydrogen (secondary N) is 3. The molecule has 0 radical (unpaired) electrons. The van der Waals surface area contributed by atoms with Crippen LogP contribution in [0.1, 0.15) is 56.2 Å². The van der Waals surface area contributed by atoms with Crippen LogP contribution in [0.4, 0.5) is 4.79 Å². The zero-order valence-electron chi connectivity index (χ0n) is 15.3. The fourth-order valence-corrected chi connectivity index (χ4v) is 2.72. The minimum Gasteiger partial charge on any atom is -0.334 e. The Labute approximate surface area is 148 Å². The average Bonchev–Trinajstić information content (AvgIpc) is 2.88. The number of carbonyl (C=O) groups is 2. The predicted octanol–water partition coefficient (Wildman–Crippen LogP) is 2.80. The Morgan fingerprint density at radius 2 is 1.92 bits per heavy atom. The Morgan fingerprint density at radius 1 is 1.16 bits per heavy atom. The molecule has 25 heavy (non-hydrogen) atoms. The molecule has 136 valence electrons. The fourth-order valence-electron chi connectivity index (χ4n) is 2.72. The predicted molar refractivity (Wildman–Crippen MR) is 97.2 cm³/mol. The number of carbonyl (C=O) groups excluding carboxylic acids is 2. The number of amides is 3. The van der Waals surface area contributed by atoms with Crippen molar-refractivity contribution in [1.82, 2.24) is 25.6 Å². The largest absolute Gasteiger partial charge is 0.334 e. The van der Waals surface area contributed by atoms with Gasteiger partial charge in [-0.1, -0.05) is 32.8 Å². The maximum Gasteiger partial charge on any atom is 0.333 e. The van der Waals surface area contributed by atoms with E-state index in [1.54, 1.807) is 17.5 Å². The molecule has 0 aliphatic rings. The van der Waals surface area contributed by atoms with Crippen LogP contribution in [0.2, 0.25) is 0 Å². The summed E-state index contributed by atoms with van der Waals surface area (Å²) in [5.41, 5.74) is 6.53. The van der Waals surface area contributed by atoms with Crippen LogP contribution >= 0.6 is 0 Å². The lowest BCUT2D eigenvalue weighted by molar-refractivity contribution is 0.0929. The topological polar surface area (TPSA) is 87.5 Å². The molecule has 0 saturated carbocycles. The highest BCUT2D eigenvalue weighted by atomic mass is 16.2. The van der Waals surface area contributed by atoms with Crippen LogP contribution in [0.25, 0.3) is 5.65 Å². The second kappa shape index (κ2) is 8.50. The first-order valence-electron chi connectivity index (χ1n) is 8.69. The molecule has 2 heterocycles. The molecule has 7 heteroatoms. The van der Waals surface area contributed by atoms with Gasteiger partial charge < -0.3 is 5.32 Å². The van der Waals surface area contributed by atoms with Crippen LogP contribution in [-0.2, 0) is 0 Å². The van der Waals surface area contributed by atoms with E-state index >= 15 is 0 Å². The second-order valence-electron chi connectivity index (χ2n) is 6.75. The lowest BCUT2D eigenvalue weighted by Gasteiger charge is -2.15. The van der Waals surface area contributed by atoms with E-state index in [0.29, 0.717) is 23.0 Å². The number of nitrogens with zero attached hydrogens (tertiary/aromatic N) is 2. The number of hydrazine groups is 1. The van der Waals surface area contributed by atoms with E-state index in [1.165, 1.54) is 0 Å². The number of hydrogen-bond acceptors (Lipinski definition) is 3. The summed E-state index contributed by atoms with van der Waals surface area (Å²) in [5, 5.41) is 2.82. The van der Waals surface area contributed by atoms with Crippen LogP contribution in [-0.4, -0.2) is 27.4 Å². The van der Waals surface area contributed by atoms with Crippen molar-refractivity contribution < 1.29 is 9.59 Å². The van der Waals surface area contributed by atoms with Gasteiger partial charge in [-0.3, -0.25) is 14.6 Å². The molecule has 3 amide bonds. The van der Waals surface area contributed by atoms with Crippen molar-refractivity contribution in [2.24, 2.45) is 5.92 Å². The average molecular weight is 345 g/mol. The Balaban J connectivity index is 1.85. The summed E-state index contributed by atoms with van der Waals surface area (Å²) >= 11 is 0. The first-order chi connectivity index (χ1) is 11.9. The molecular formula is C18H27N5O2. The molecule has 0 spiro atoms. The van der Waals surface area contributed by atoms with E-state index in [4.69, 9.17) is 0 Å². The molecule has 0 aliphatic heterocycles. The second-order valence-corrected chi connectivity index (χ2v) is 6.75. The smallest absolute Gasteiger partial charge is 0.333 e. The molecule has 0 saturated heterocycles. The Bertz CT molecular complexity index is 738. The van der Waals surface area contributed by atoms with Crippen molar-refractivity contribution >= 4 is 17.6 Å². The van der Waals surface area contributed by atoms with E-state index in [-0.39, 0.29) is 6.04 Å². The molecule has 0 bridgehead atoms. The van der Waals surface area contributed by atoms with Gasteiger partial charge in [0.1, 0.15) is 11.3 Å². The minimum absolute atomic E-state index is 0.0492. The summed E-state index contributed by atoms with van der Waals surface area (Å²) in [7, 11) is 0. The van der Waals surface area contributed by atoms with Gasteiger partial charge in [0.25, 0.3) is 5.91 Å². The summed E-state index contributed by atoms with van der Waals surface area (Å²) in [6.45, 7) is 8.08. The number of imidazole rings is 1. The van der Waals surface area contributed by atoms with E-state index in [1.807, 2.05) is 25.1 Å². The maximum atomic E-state index is 12.4. The van der Waals surface area contributed by atoms with Crippen molar-refractivity contribution in [3.05, 3.63) is 35.8 Å². The molecule has 0 aromatic carbocycles. The van der Waals surface area contributed by atoms with Crippen LogP contribution in [0, 0.1) is 12.8 Å². The van der Waals surface area contributed by atoms with Gasteiger partial charge in [0, 0.05) is 12.2 Å². The Kier molecular flexibility index (Phi) is 6.38. The van der Waals surface area contributed by atoms with Gasteiger partial charge >= 0.3 is 6.03 Å². The van der Waals surface area contributed by atoms with Crippen molar-refractivity contribution in [2.75, 3.05) is 0 Å². The number of hydrogen-bond donors (Lipinski definition) is 3. The molecule has 0 unspecified atom stereocenters. The quantitative estimate of drug-likeness (QED) is 0.704. The third-order valence-corrected chi connectivity index (χ3v) is 4.00. The number of fused-ring (bicyclic) bond motifs is 1. The zero-order chi connectivity index (χ0) is 18.4. The van der Waals surface area contributed by atoms with Gasteiger partial charge in [-0.25, -0.2) is 15.2 Å². The van der Waals surface area contributed by atoms with Crippen molar-refractivity contribution in [3.63, 3.8) is 0 Å². The molecule has 1 atom stereocenters. The highest BCUT2D eigenvalue weighted by molar-refractivity contribution is 5.95. The summed E-state index contributed by atoms with van der Waals surface area (Å²) < 4.78 is 1.69. The fraction of sp³-hybridized carbons (Fsp3) is 0.500. The van der Waals surface area contributed by atoms with Gasteiger partial charge in [0.15, 0.2) is 0 Å². The number of aryl methyl sites for hydroxylation is 1. The molecular weight excluding hydrogens is 318 g/mol. The number of rotatable bonds is 6. The Morgan fingerprint density at radius 3 is 2.64 bits per heavy atom. The molecule has 3 N–H and O–H groups in total. The first-order valence-corrected chi connectivity index (χ1v) is 8.69. The third-order valence-electron chi connectivity index (χ3n) is 4.00. The van der Waals surface area contributed by atoms with Gasteiger partial charge in [-0.05, 0) is 38.3 Å². The maximum absolute atomic E-state index is 12.4. The van der Waals surface area contributed by atoms with Crippen LogP contribution in [0.5, 0.6) is 0 Å². The standard InChI is InChI=1S/C18H27N5O2/c1-12(2)8-7-9-13(3)19-18(25)22-21-17(24)16-14(4)20-15-10-5-6-11-23(15)16/h5-6,10-13H,7-9H2,1-4H3,(H,21,24)(H2,19,22,25)/t13-/m0/s1. The zero-order valence-corrected chi connectivity index (χ0v) is 15.3. The molecule has 7 nitrogen and oxygen atoms in total. The lowest BCUT2D eigenvalue weighted by atomic mass is 10.0. The summed E-state index contributed by atoms with van der Waals surface area (Å²) in [6, 6.07) is 5.13.